The van der Waals surface area contributed by atoms with E-state index in [-0.39, 0.29) is 24.0 Å². The van der Waals surface area contributed by atoms with Gasteiger partial charge in [0.15, 0.2) is 0 Å². The standard InChI is InChI=1S/C9H14N4O3S/c1-11-17(15,16)5-4-13-9(14)7-2-3-12-8(10)6-7/h2-3,6,11H,4-5H2,1H3,(H2,10,12)(H,13,14). The van der Waals surface area contributed by atoms with Gasteiger partial charge in [0.2, 0.25) is 10.0 Å². The van der Waals surface area contributed by atoms with Crippen LogP contribution in [0.25, 0.3) is 0 Å². The highest BCUT2D eigenvalue weighted by Crippen LogP contribution is 2.02. The summed E-state index contributed by atoms with van der Waals surface area (Å²) in [6.45, 7) is 0.0320. The zero-order valence-corrected chi connectivity index (χ0v) is 10.1. The van der Waals surface area contributed by atoms with Crippen LogP contribution < -0.4 is 15.8 Å². The Morgan fingerprint density at radius 2 is 2.24 bits per heavy atom. The molecule has 0 aliphatic rings. The van der Waals surface area contributed by atoms with Crippen molar-refractivity contribution in [2.24, 2.45) is 0 Å². The van der Waals surface area contributed by atoms with Gasteiger partial charge in [0, 0.05) is 18.3 Å². The number of pyridine rings is 1. The molecule has 0 bridgehead atoms. The molecule has 0 atom stereocenters. The Hall–Kier alpha value is -1.67. The Kier molecular flexibility index (Phi) is 4.41. The van der Waals surface area contributed by atoms with Gasteiger partial charge in [-0.15, -0.1) is 0 Å². The van der Waals surface area contributed by atoms with Gasteiger partial charge in [-0.2, -0.15) is 0 Å². The van der Waals surface area contributed by atoms with E-state index in [1.165, 1.54) is 25.4 Å². The topological polar surface area (TPSA) is 114 Å². The Balaban J connectivity index is 2.51. The number of hydrogen-bond donors (Lipinski definition) is 3. The van der Waals surface area contributed by atoms with Gasteiger partial charge < -0.3 is 11.1 Å². The van der Waals surface area contributed by atoms with Crippen molar-refractivity contribution in [1.29, 1.82) is 0 Å². The van der Waals surface area contributed by atoms with Gasteiger partial charge in [0.25, 0.3) is 5.91 Å². The fourth-order valence-corrected chi connectivity index (χ4v) is 1.67. The minimum Gasteiger partial charge on any atom is -0.384 e. The number of nitrogens with two attached hydrogens (primary N) is 1. The predicted octanol–water partition coefficient (Wildman–Crippen LogP) is -1.06. The lowest BCUT2D eigenvalue weighted by molar-refractivity contribution is 0.0956. The Morgan fingerprint density at radius 1 is 1.53 bits per heavy atom. The summed E-state index contributed by atoms with van der Waals surface area (Å²) < 4.78 is 24.3. The molecule has 0 spiro atoms. The molecular formula is C9H14N4O3S. The van der Waals surface area contributed by atoms with Crippen LogP contribution in [0.5, 0.6) is 0 Å². The number of hydrogen-bond acceptors (Lipinski definition) is 5. The van der Waals surface area contributed by atoms with Gasteiger partial charge >= 0.3 is 0 Å². The van der Waals surface area contributed by atoms with Crippen molar-refractivity contribution < 1.29 is 13.2 Å². The second-order valence-corrected chi connectivity index (χ2v) is 5.29. The lowest BCUT2D eigenvalue weighted by Gasteiger charge is -2.05. The summed E-state index contributed by atoms with van der Waals surface area (Å²) in [5.41, 5.74) is 5.77. The minimum atomic E-state index is -3.31. The number of rotatable bonds is 5. The third kappa shape index (κ3) is 4.37. The van der Waals surface area contributed by atoms with Crippen molar-refractivity contribution >= 4 is 21.7 Å². The maximum Gasteiger partial charge on any atom is 0.251 e. The van der Waals surface area contributed by atoms with Crippen molar-refractivity contribution in [3.05, 3.63) is 23.9 Å². The van der Waals surface area contributed by atoms with E-state index < -0.39 is 10.0 Å². The van der Waals surface area contributed by atoms with Crippen LogP contribution in [-0.4, -0.2) is 38.7 Å². The summed E-state index contributed by atoms with van der Waals surface area (Å²) >= 11 is 0. The van der Waals surface area contributed by atoms with E-state index in [2.05, 4.69) is 15.0 Å². The van der Waals surface area contributed by atoms with E-state index in [0.717, 1.165) is 0 Å². The van der Waals surface area contributed by atoms with Crippen LogP contribution in [-0.2, 0) is 10.0 Å². The third-order valence-corrected chi connectivity index (χ3v) is 3.37. The van der Waals surface area contributed by atoms with Crippen LogP contribution in [0.3, 0.4) is 0 Å². The summed E-state index contributed by atoms with van der Waals surface area (Å²) in [5.74, 6) is -0.318. The van der Waals surface area contributed by atoms with Crippen molar-refractivity contribution in [1.82, 2.24) is 15.0 Å². The fourth-order valence-electron chi connectivity index (χ4n) is 1.09. The van der Waals surface area contributed by atoms with E-state index in [0.29, 0.717) is 5.56 Å². The molecule has 94 valence electrons. The molecule has 4 N–H and O–H groups in total. The normalized spacial score (nSPS) is 11.1. The number of nitrogens with zero attached hydrogens (tertiary/aromatic N) is 1. The number of carbonyl (C=O) groups excluding carboxylic acids is 1. The van der Waals surface area contributed by atoms with Crippen LogP contribution in [0.2, 0.25) is 0 Å². The first-order chi connectivity index (χ1) is 7.94. The number of anilines is 1. The smallest absolute Gasteiger partial charge is 0.251 e. The van der Waals surface area contributed by atoms with Crippen molar-refractivity contribution in [2.75, 3.05) is 25.1 Å². The molecule has 0 radical (unpaired) electrons. The average molecular weight is 258 g/mol. The maximum absolute atomic E-state index is 11.6. The maximum atomic E-state index is 11.6. The van der Waals surface area contributed by atoms with Gasteiger partial charge in [-0.25, -0.2) is 18.1 Å². The van der Waals surface area contributed by atoms with Gasteiger partial charge in [-0.05, 0) is 19.2 Å². The third-order valence-electron chi connectivity index (χ3n) is 2.01. The second-order valence-electron chi connectivity index (χ2n) is 3.25. The van der Waals surface area contributed by atoms with E-state index in [1.807, 2.05) is 0 Å². The lowest BCUT2D eigenvalue weighted by atomic mass is 10.2. The van der Waals surface area contributed by atoms with Crippen LogP contribution in [0.4, 0.5) is 5.82 Å². The van der Waals surface area contributed by atoms with E-state index in [1.54, 1.807) is 0 Å². The number of carbonyl (C=O) groups is 1. The molecule has 0 saturated carbocycles. The minimum absolute atomic E-state index is 0.0320. The molecule has 0 unspecified atom stereocenters. The van der Waals surface area contributed by atoms with Crippen molar-refractivity contribution in [3.8, 4) is 0 Å². The first-order valence-corrected chi connectivity index (χ1v) is 6.51. The van der Waals surface area contributed by atoms with E-state index in [4.69, 9.17) is 5.73 Å². The highest BCUT2D eigenvalue weighted by Gasteiger charge is 2.09. The molecule has 1 amide bonds. The first kappa shape index (κ1) is 13.4. The number of nitrogens with one attached hydrogen (secondary N) is 2. The largest absolute Gasteiger partial charge is 0.384 e. The molecule has 17 heavy (non-hydrogen) atoms. The molecule has 0 aromatic carbocycles. The molecule has 0 aliphatic heterocycles. The molecule has 8 heteroatoms. The second kappa shape index (κ2) is 5.60. The summed E-state index contributed by atoms with van der Waals surface area (Å²) in [4.78, 5) is 15.3. The van der Waals surface area contributed by atoms with Crippen LogP contribution in [0.15, 0.2) is 18.3 Å². The highest BCUT2D eigenvalue weighted by atomic mass is 32.2. The number of aromatic nitrogens is 1. The fraction of sp³-hybridized carbons (Fsp3) is 0.333. The molecule has 0 fully saturated rings. The van der Waals surface area contributed by atoms with E-state index in [9.17, 15) is 13.2 Å². The number of nitrogen functional groups attached to an aromatic ring is 1. The number of amides is 1. The zero-order valence-electron chi connectivity index (χ0n) is 9.30. The molecule has 1 aromatic heterocycles. The van der Waals surface area contributed by atoms with Crippen LogP contribution >= 0.6 is 0 Å². The Bertz CT molecular complexity index is 501. The molecule has 1 aromatic rings. The van der Waals surface area contributed by atoms with Crippen molar-refractivity contribution in [3.63, 3.8) is 0 Å². The van der Waals surface area contributed by atoms with Gasteiger partial charge in [-0.1, -0.05) is 0 Å². The molecule has 1 rings (SSSR count). The summed E-state index contributed by atoms with van der Waals surface area (Å²) in [7, 11) is -1.99. The van der Waals surface area contributed by atoms with Crippen molar-refractivity contribution in [2.45, 2.75) is 0 Å². The first-order valence-electron chi connectivity index (χ1n) is 4.85. The van der Waals surface area contributed by atoms with Gasteiger partial charge in [0.1, 0.15) is 5.82 Å². The highest BCUT2D eigenvalue weighted by molar-refractivity contribution is 7.89. The lowest BCUT2D eigenvalue weighted by Crippen LogP contribution is -2.33. The zero-order chi connectivity index (χ0) is 12.9. The van der Waals surface area contributed by atoms with Gasteiger partial charge in [-0.3, -0.25) is 4.79 Å². The number of sulfonamides is 1. The molecule has 1 heterocycles. The Morgan fingerprint density at radius 3 is 2.82 bits per heavy atom. The average Bonchev–Trinajstić information content (AvgIpc) is 2.28. The Labute approximate surface area is 99.5 Å². The molecule has 0 saturated heterocycles. The molecular weight excluding hydrogens is 244 g/mol. The predicted molar refractivity (Wildman–Crippen MR) is 63.8 cm³/mol. The monoisotopic (exact) mass is 258 g/mol. The van der Waals surface area contributed by atoms with Crippen LogP contribution in [0, 0.1) is 0 Å². The van der Waals surface area contributed by atoms with Crippen LogP contribution in [0.1, 0.15) is 10.4 Å². The molecule has 0 aliphatic carbocycles. The SMILES string of the molecule is CNS(=O)(=O)CCNC(=O)c1ccnc(N)c1. The summed E-state index contributed by atoms with van der Waals surface area (Å²) in [5, 5.41) is 2.48. The van der Waals surface area contributed by atoms with Gasteiger partial charge in [0.05, 0.1) is 5.75 Å². The molecule has 7 nitrogen and oxygen atoms in total. The summed E-state index contributed by atoms with van der Waals surface area (Å²) in [6, 6.07) is 2.92. The quantitative estimate of drug-likeness (QED) is 0.623. The van der Waals surface area contributed by atoms with E-state index >= 15 is 0 Å². The summed E-state index contributed by atoms with van der Waals surface area (Å²) in [6.07, 6.45) is 1.41.